The molecule has 0 bridgehead atoms. The van der Waals surface area contributed by atoms with Gasteiger partial charge in [-0.15, -0.1) is 5.10 Å². The van der Waals surface area contributed by atoms with Crippen LogP contribution < -0.4 is 11.1 Å². The molecular weight excluding hydrogens is 250 g/mol. The molecule has 8 nitrogen and oxygen atoms in total. The van der Waals surface area contributed by atoms with Gasteiger partial charge >= 0.3 is 5.97 Å². The summed E-state index contributed by atoms with van der Waals surface area (Å²) in [6, 6.07) is -0.329. The van der Waals surface area contributed by atoms with E-state index in [-0.39, 0.29) is 17.6 Å². The lowest BCUT2D eigenvalue weighted by Gasteiger charge is -2.16. The van der Waals surface area contributed by atoms with Crippen molar-refractivity contribution >= 4 is 11.9 Å². The molecule has 4 N–H and O–H groups in total. The lowest BCUT2D eigenvalue weighted by Crippen LogP contribution is -2.40. The van der Waals surface area contributed by atoms with E-state index in [1.54, 1.807) is 0 Å². The molecule has 1 fully saturated rings. The number of nitrogens with two attached hydrogens (primary N) is 1. The van der Waals surface area contributed by atoms with Crippen LogP contribution >= 0.6 is 0 Å². The van der Waals surface area contributed by atoms with Crippen molar-refractivity contribution in [3.05, 3.63) is 11.9 Å². The van der Waals surface area contributed by atoms with Crippen LogP contribution in [0.4, 0.5) is 0 Å². The maximum absolute atomic E-state index is 11.9. The van der Waals surface area contributed by atoms with Crippen molar-refractivity contribution < 1.29 is 14.7 Å². The van der Waals surface area contributed by atoms with E-state index in [1.807, 2.05) is 0 Å². The monoisotopic (exact) mass is 267 g/mol. The van der Waals surface area contributed by atoms with Crippen LogP contribution in [0.1, 0.15) is 29.8 Å². The number of aliphatic carboxylic acids is 1. The molecule has 104 valence electrons. The predicted octanol–water partition coefficient (Wildman–Crippen LogP) is -0.780. The Morgan fingerprint density at radius 2 is 2.32 bits per heavy atom. The Labute approximate surface area is 110 Å². The van der Waals surface area contributed by atoms with Gasteiger partial charge in [0.1, 0.15) is 0 Å². The van der Waals surface area contributed by atoms with Crippen molar-refractivity contribution in [3.8, 4) is 0 Å². The third-order valence-electron chi connectivity index (χ3n) is 3.28. The number of carboxylic acids is 1. The van der Waals surface area contributed by atoms with Gasteiger partial charge in [-0.2, -0.15) is 0 Å². The Balaban J connectivity index is 1.98. The highest BCUT2D eigenvalue weighted by atomic mass is 16.4. The number of aromatic nitrogens is 3. The zero-order valence-corrected chi connectivity index (χ0v) is 10.5. The number of rotatable bonds is 5. The number of carbonyl (C=O) groups is 2. The first kappa shape index (κ1) is 13.5. The molecule has 0 aliphatic heterocycles. The second kappa shape index (κ2) is 5.79. The van der Waals surface area contributed by atoms with E-state index < -0.39 is 11.9 Å². The van der Waals surface area contributed by atoms with E-state index >= 15 is 0 Å². The van der Waals surface area contributed by atoms with Gasteiger partial charge < -0.3 is 16.2 Å². The van der Waals surface area contributed by atoms with Crippen molar-refractivity contribution in [2.45, 2.75) is 31.8 Å². The SMILES string of the molecule is NCCn1cc(C(=O)NC2CCCC2C(=O)O)nn1. The summed E-state index contributed by atoms with van der Waals surface area (Å²) in [6.07, 6.45) is 3.59. The summed E-state index contributed by atoms with van der Waals surface area (Å²) in [4.78, 5) is 23.0. The quantitative estimate of drug-likeness (QED) is 0.643. The van der Waals surface area contributed by atoms with Gasteiger partial charge in [-0.1, -0.05) is 11.6 Å². The minimum atomic E-state index is -0.866. The fourth-order valence-electron chi connectivity index (χ4n) is 2.31. The van der Waals surface area contributed by atoms with Crippen LogP contribution in [0, 0.1) is 5.92 Å². The van der Waals surface area contributed by atoms with Crippen LogP contribution in [0.5, 0.6) is 0 Å². The van der Waals surface area contributed by atoms with Crippen LogP contribution in [-0.4, -0.2) is 44.6 Å². The van der Waals surface area contributed by atoms with E-state index in [4.69, 9.17) is 10.8 Å². The fourth-order valence-corrected chi connectivity index (χ4v) is 2.31. The third-order valence-corrected chi connectivity index (χ3v) is 3.28. The predicted molar refractivity (Wildman–Crippen MR) is 65.3 cm³/mol. The molecule has 2 atom stereocenters. The number of carboxylic acid groups (broad SMARTS) is 1. The molecule has 1 aromatic heterocycles. The van der Waals surface area contributed by atoms with Crippen molar-refractivity contribution in [3.63, 3.8) is 0 Å². The highest BCUT2D eigenvalue weighted by Crippen LogP contribution is 2.25. The van der Waals surface area contributed by atoms with Gasteiger partial charge in [0.15, 0.2) is 5.69 Å². The molecule has 2 rings (SSSR count). The smallest absolute Gasteiger partial charge is 0.308 e. The number of hydrogen-bond acceptors (Lipinski definition) is 5. The van der Waals surface area contributed by atoms with Gasteiger partial charge in [0.2, 0.25) is 0 Å². The highest BCUT2D eigenvalue weighted by Gasteiger charge is 2.34. The van der Waals surface area contributed by atoms with Gasteiger partial charge in [-0.05, 0) is 12.8 Å². The van der Waals surface area contributed by atoms with E-state index in [2.05, 4.69) is 15.6 Å². The molecular formula is C11H17N5O3. The van der Waals surface area contributed by atoms with Crippen LogP contribution in [-0.2, 0) is 11.3 Å². The Hall–Kier alpha value is -1.96. The second-order valence-corrected chi connectivity index (χ2v) is 4.61. The maximum atomic E-state index is 11.9. The molecule has 1 aliphatic rings. The first-order valence-electron chi connectivity index (χ1n) is 6.25. The zero-order chi connectivity index (χ0) is 13.8. The molecule has 0 saturated heterocycles. The summed E-state index contributed by atoms with van der Waals surface area (Å²) in [5, 5.41) is 19.3. The molecule has 0 spiro atoms. The maximum Gasteiger partial charge on any atom is 0.308 e. The van der Waals surface area contributed by atoms with Gasteiger partial charge in [-0.25, -0.2) is 0 Å². The number of amides is 1. The lowest BCUT2D eigenvalue weighted by atomic mass is 10.0. The normalized spacial score (nSPS) is 22.4. The van der Waals surface area contributed by atoms with E-state index in [9.17, 15) is 9.59 Å². The van der Waals surface area contributed by atoms with Gasteiger partial charge in [0, 0.05) is 12.6 Å². The number of hydrogen-bond donors (Lipinski definition) is 3. The van der Waals surface area contributed by atoms with Gasteiger partial charge in [0.25, 0.3) is 5.91 Å². The van der Waals surface area contributed by atoms with Crippen LogP contribution in [0.25, 0.3) is 0 Å². The lowest BCUT2D eigenvalue weighted by molar-refractivity contribution is -0.142. The highest BCUT2D eigenvalue weighted by molar-refractivity contribution is 5.92. The zero-order valence-electron chi connectivity index (χ0n) is 10.5. The summed E-state index contributed by atoms with van der Waals surface area (Å²) in [5.41, 5.74) is 5.56. The third kappa shape index (κ3) is 3.08. The number of nitrogens with one attached hydrogen (secondary N) is 1. The molecule has 1 amide bonds. The van der Waals surface area contributed by atoms with Crippen molar-refractivity contribution in [1.82, 2.24) is 20.3 Å². The molecule has 19 heavy (non-hydrogen) atoms. The van der Waals surface area contributed by atoms with E-state index in [1.165, 1.54) is 10.9 Å². The molecule has 1 heterocycles. The van der Waals surface area contributed by atoms with Crippen molar-refractivity contribution in [2.75, 3.05) is 6.54 Å². The van der Waals surface area contributed by atoms with E-state index in [0.717, 1.165) is 6.42 Å². The van der Waals surface area contributed by atoms with Crippen LogP contribution in [0.3, 0.4) is 0 Å². The summed E-state index contributed by atoms with van der Waals surface area (Å²) in [5.74, 6) is -1.76. The first-order valence-corrected chi connectivity index (χ1v) is 6.25. The molecule has 1 aliphatic carbocycles. The standard InChI is InChI=1S/C11H17N5O3/c12-4-5-16-6-9(14-15-16)10(17)13-8-3-1-2-7(8)11(18)19/h6-8H,1-5,12H2,(H,13,17)(H,18,19). The van der Waals surface area contributed by atoms with Crippen LogP contribution in [0.2, 0.25) is 0 Å². The van der Waals surface area contributed by atoms with Crippen molar-refractivity contribution in [1.29, 1.82) is 0 Å². The van der Waals surface area contributed by atoms with Crippen molar-refractivity contribution in [2.24, 2.45) is 11.7 Å². The molecule has 1 aromatic rings. The van der Waals surface area contributed by atoms with Gasteiger partial charge in [0.05, 0.1) is 18.7 Å². The molecule has 0 radical (unpaired) electrons. The average Bonchev–Trinajstić information content (AvgIpc) is 2.98. The summed E-state index contributed by atoms with van der Waals surface area (Å²) in [7, 11) is 0. The average molecular weight is 267 g/mol. The Morgan fingerprint density at radius 1 is 1.53 bits per heavy atom. The number of nitrogens with zero attached hydrogens (tertiary/aromatic N) is 3. The van der Waals surface area contributed by atoms with E-state index in [0.29, 0.717) is 25.9 Å². The summed E-state index contributed by atoms with van der Waals surface area (Å²) >= 11 is 0. The largest absolute Gasteiger partial charge is 0.481 e. The first-order chi connectivity index (χ1) is 9.11. The molecule has 8 heteroatoms. The Kier molecular flexibility index (Phi) is 4.10. The second-order valence-electron chi connectivity index (χ2n) is 4.61. The summed E-state index contributed by atoms with van der Waals surface area (Å²) < 4.78 is 1.48. The molecule has 0 aromatic carbocycles. The topological polar surface area (TPSA) is 123 Å². The Morgan fingerprint density at radius 3 is 3.00 bits per heavy atom. The minimum Gasteiger partial charge on any atom is -0.481 e. The number of carbonyl (C=O) groups excluding carboxylic acids is 1. The molecule has 2 unspecified atom stereocenters. The summed E-state index contributed by atoms with van der Waals surface area (Å²) in [6.45, 7) is 0.898. The molecule has 1 saturated carbocycles. The van der Waals surface area contributed by atoms with Gasteiger partial charge in [-0.3, -0.25) is 14.3 Å². The fraction of sp³-hybridized carbons (Fsp3) is 0.636. The van der Waals surface area contributed by atoms with Crippen LogP contribution in [0.15, 0.2) is 6.20 Å². The Bertz CT molecular complexity index is 473. The minimum absolute atomic E-state index is 0.185.